The summed E-state index contributed by atoms with van der Waals surface area (Å²) in [7, 11) is 0. The number of carbonyl (C=O) groups excluding carboxylic acids is 2. The van der Waals surface area contributed by atoms with Gasteiger partial charge in [0.2, 0.25) is 5.91 Å². The number of morpholine rings is 1. The maximum atomic E-state index is 11.9. The average Bonchev–Trinajstić information content (AvgIpc) is 2.65. The molecule has 0 unspecified atom stereocenters. The van der Waals surface area contributed by atoms with E-state index in [1.165, 1.54) is 0 Å². The Labute approximate surface area is 152 Å². The van der Waals surface area contributed by atoms with Crippen molar-refractivity contribution in [3.8, 4) is 0 Å². The van der Waals surface area contributed by atoms with Crippen molar-refractivity contribution in [2.24, 2.45) is 0 Å². The second kappa shape index (κ2) is 8.49. The van der Waals surface area contributed by atoms with Crippen LogP contribution in [0.15, 0.2) is 48.5 Å². The van der Waals surface area contributed by atoms with E-state index in [4.69, 9.17) is 9.47 Å². The Morgan fingerprint density at radius 3 is 2.50 bits per heavy atom. The van der Waals surface area contributed by atoms with E-state index >= 15 is 0 Å². The molecule has 1 fully saturated rings. The van der Waals surface area contributed by atoms with Gasteiger partial charge in [-0.3, -0.25) is 10.1 Å². The van der Waals surface area contributed by atoms with E-state index in [1.54, 1.807) is 17.0 Å². The molecule has 1 N–H and O–H groups in total. The van der Waals surface area contributed by atoms with Crippen LogP contribution >= 0.6 is 0 Å². The van der Waals surface area contributed by atoms with E-state index in [-0.39, 0.29) is 19.1 Å². The first-order chi connectivity index (χ1) is 12.6. The Bertz CT molecular complexity index is 756. The number of aryl methyl sites for hydroxylation is 1. The Kier molecular flexibility index (Phi) is 5.86. The molecule has 0 radical (unpaired) electrons. The van der Waals surface area contributed by atoms with Crippen LogP contribution < -0.4 is 5.32 Å². The second-order valence-electron chi connectivity index (χ2n) is 6.25. The number of amides is 2. The Morgan fingerprint density at radius 2 is 1.81 bits per heavy atom. The fourth-order valence-corrected chi connectivity index (χ4v) is 2.62. The summed E-state index contributed by atoms with van der Waals surface area (Å²) in [6.07, 6.45) is -0.498. The van der Waals surface area contributed by atoms with E-state index in [0.29, 0.717) is 25.4 Å². The molecule has 1 heterocycles. The molecule has 2 aromatic rings. The predicted octanol–water partition coefficient (Wildman–Crippen LogP) is 3.10. The van der Waals surface area contributed by atoms with E-state index in [1.807, 2.05) is 43.3 Å². The molecule has 6 heteroatoms. The van der Waals surface area contributed by atoms with Gasteiger partial charge in [-0.25, -0.2) is 4.79 Å². The summed E-state index contributed by atoms with van der Waals surface area (Å²) in [5.74, 6) is -0.00173. The molecule has 6 nitrogen and oxygen atoms in total. The molecule has 26 heavy (non-hydrogen) atoms. The quantitative estimate of drug-likeness (QED) is 0.896. The fourth-order valence-electron chi connectivity index (χ4n) is 2.62. The van der Waals surface area contributed by atoms with Crippen LogP contribution in [0.25, 0.3) is 0 Å². The third-order valence-electron chi connectivity index (χ3n) is 4.15. The summed E-state index contributed by atoms with van der Waals surface area (Å²) in [5, 5.41) is 2.70. The summed E-state index contributed by atoms with van der Waals surface area (Å²) < 4.78 is 10.3. The van der Waals surface area contributed by atoms with Gasteiger partial charge >= 0.3 is 6.09 Å². The number of hydrogen-bond donors (Lipinski definition) is 1. The third kappa shape index (κ3) is 5.07. The summed E-state index contributed by atoms with van der Waals surface area (Å²) in [6, 6.07) is 15.2. The first-order valence-corrected chi connectivity index (χ1v) is 8.54. The largest absolute Gasteiger partial charge is 0.444 e. The molecule has 136 valence electrons. The third-order valence-corrected chi connectivity index (χ3v) is 4.15. The number of ether oxygens (including phenoxy) is 2. The zero-order valence-electron chi connectivity index (χ0n) is 14.7. The Balaban J connectivity index is 1.48. The van der Waals surface area contributed by atoms with Gasteiger partial charge in [0, 0.05) is 18.8 Å². The average molecular weight is 354 g/mol. The molecule has 1 aliphatic heterocycles. The molecule has 0 saturated carbocycles. The highest BCUT2D eigenvalue weighted by Crippen LogP contribution is 2.13. The topological polar surface area (TPSA) is 67.9 Å². The maximum absolute atomic E-state index is 11.9. The van der Waals surface area contributed by atoms with Crippen LogP contribution in [0.2, 0.25) is 0 Å². The van der Waals surface area contributed by atoms with Crippen LogP contribution in [0.3, 0.4) is 0 Å². The van der Waals surface area contributed by atoms with Gasteiger partial charge in [0.05, 0.1) is 6.61 Å². The maximum Gasteiger partial charge on any atom is 0.411 e. The van der Waals surface area contributed by atoms with Crippen LogP contribution in [0, 0.1) is 6.92 Å². The van der Waals surface area contributed by atoms with Gasteiger partial charge in [0.25, 0.3) is 0 Å². The predicted molar refractivity (Wildman–Crippen MR) is 97.7 cm³/mol. The first-order valence-electron chi connectivity index (χ1n) is 8.54. The minimum absolute atomic E-state index is 0.00173. The Hall–Kier alpha value is -2.86. The van der Waals surface area contributed by atoms with Gasteiger partial charge in [-0.15, -0.1) is 0 Å². The van der Waals surface area contributed by atoms with Gasteiger partial charge in [0.15, 0.2) is 0 Å². The van der Waals surface area contributed by atoms with Crippen molar-refractivity contribution in [3.05, 3.63) is 65.2 Å². The van der Waals surface area contributed by atoms with Crippen molar-refractivity contribution in [1.82, 2.24) is 4.90 Å². The lowest BCUT2D eigenvalue weighted by Gasteiger charge is -2.26. The second-order valence-corrected chi connectivity index (χ2v) is 6.25. The highest BCUT2D eigenvalue weighted by atomic mass is 16.5. The summed E-state index contributed by atoms with van der Waals surface area (Å²) in [4.78, 5) is 25.4. The van der Waals surface area contributed by atoms with Gasteiger partial charge in [-0.2, -0.15) is 0 Å². The van der Waals surface area contributed by atoms with E-state index < -0.39 is 6.09 Å². The minimum atomic E-state index is -0.498. The van der Waals surface area contributed by atoms with Crippen molar-refractivity contribution in [2.75, 3.05) is 25.1 Å². The molecule has 0 atom stereocenters. The van der Waals surface area contributed by atoms with Gasteiger partial charge in [-0.05, 0) is 30.2 Å². The number of nitrogens with zero attached hydrogens (tertiary/aromatic N) is 1. The SMILES string of the molecule is Cc1ccc(COC(=O)Nc2ccc(CN3CCOCC3=O)cc2)cc1. The number of anilines is 1. The van der Waals surface area contributed by atoms with Gasteiger partial charge in [-0.1, -0.05) is 42.0 Å². The minimum Gasteiger partial charge on any atom is -0.444 e. The molecule has 0 aliphatic carbocycles. The van der Waals surface area contributed by atoms with E-state index in [0.717, 1.165) is 16.7 Å². The smallest absolute Gasteiger partial charge is 0.411 e. The van der Waals surface area contributed by atoms with Crippen molar-refractivity contribution in [2.45, 2.75) is 20.1 Å². The molecule has 0 spiro atoms. The van der Waals surface area contributed by atoms with Gasteiger partial charge in [0.1, 0.15) is 13.2 Å². The van der Waals surface area contributed by atoms with Crippen LogP contribution in [-0.2, 0) is 27.4 Å². The fraction of sp³-hybridized carbons (Fsp3) is 0.300. The highest BCUT2D eigenvalue weighted by Gasteiger charge is 2.18. The molecule has 1 saturated heterocycles. The van der Waals surface area contributed by atoms with Crippen LogP contribution in [-0.4, -0.2) is 36.7 Å². The molecular weight excluding hydrogens is 332 g/mol. The van der Waals surface area contributed by atoms with Crippen LogP contribution in [0.4, 0.5) is 10.5 Å². The zero-order valence-corrected chi connectivity index (χ0v) is 14.7. The lowest BCUT2D eigenvalue weighted by Crippen LogP contribution is -2.40. The van der Waals surface area contributed by atoms with E-state index in [9.17, 15) is 9.59 Å². The molecule has 0 aromatic heterocycles. The van der Waals surface area contributed by atoms with E-state index in [2.05, 4.69) is 5.32 Å². The normalized spacial score (nSPS) is 14.2. The van der Waals surface area contributed by atoms with Crippen LogP contribution in [0.1, 0.15) is 16.7 Å². The number of hydrogen-bond acceptors (Lipinski definition) is 4. The summed E-state index contributed by atoms with van der Waals surface area (Å²) >= 11 is 0. The molecule has 2 amide bonds. The summed E-state index contributed by atoms with van der Waals surface area (Å²) in [6.45, 7) is 4.09. The lowest BCUT2D eigenvalue weighted by atomic mass is 10.2. The molecule has 0 bridgehead atoms. The lowest BCUT2D eigenvalue weighted by molar-refractivity contribution is -0.143. The Morgan fingerprint density at radius 1 is 1.12 bits per heavy atom. The molecule has 2 aromatic carbocycles. The molecule has 3 rings (SSSR count). The number of rotatable bonds is 5. The monoisotopic (exact) mass is 354 g/mol. The van der Waals surface area contributed by atoms with Gasteiger partial charge < -0.3 is 14.4 Å². The van der Waals surface area contributed by atoms with Crippen molar-refractivity contribution in [1.29, 1.82) is 0 Å². The van der Waals surface area contributed by atoms with Crippen molar-refractivity contribution < 1.29 is 19.1 Å². The standard InChI is InChI=1S/C20H22N2O4/c1-15-2-4-17(5-3-15)13-26-20(24)21-18-8-6-16(7-9-18)12-22-10-11-25-14-19(22)23/h2-9H,10-14H2,1H3,(H,21,24). The zero-order chi connectivity index (χ0) is 18.4. The van der Waals surface area contributed by atoms with Crippen LogP contribution in [0.5, 0.6) is 0 Å². The molecular formula is C20H22N2O4. The van der Waals surface area contributed by atoms with Crippen molar-refractivity contribution >= 4 is 17.7 Å². The number of nitrogens with one attached hydrogen (secondary N) is 1. The molecule has 1 aliphatic rings. The summed E-state index contributed by atoms with van der Waals surface area (Å²) in [5.41, 5.74) is 3.75. The highest BCUT2D eigenvalue weighted by molar-refractivity contribution is 5.84. The van der Waals surface area contributed by atoms with Crippen molar-refractivity contribution in [3.63, 3.8) is 0 Å². The first kappa shape index (κ1) is 17.9. The number of benzene rings is 2. The number of carbonyl (C=O) groups is 2.